The van der Waals surface area contributed by atoms with Crippen LogP contribution in [0.3, 0.4) is 0 Å². The largest absolute Gasteiger partial charge is 0.370 e. The average Bonchev–Trinajstić information content (AvgIpc) is 2.85. The lowest BCUT2D eigenvalue weighted by molar-refractivity contribution is -0.118. The van der Waals surface area contributed by atoms with Crippen LogP contribution >= 0.6 is 0 Å². The van der Waals surface area contributed by atoms with E-state index in [4.69, 9.17) is 11.6 Å². The summed E-state index contributed by atoms with van der Waals surface area (Å²) in [5, 5.41) is 3.18. The van der Waals surface area contributed by atoms with E-state index in [1.165, 1.54) is 0 Å². The maximum atomic E-state index is 10.6. The zero-order valence-corrected chi connectivity index (χ0v) is 10.5. The van der Waals surface area contributed by atoms with Gasteiger partial charge in [-0.1, -0.05) is 0 Å². The molecular formula is C11H17N7O. The fraction of sp³-hybridized carbons (Fsp3) is 0.364. The van der Waals surface area contributed by atoms with E-state index in [1.807, 2.05) is 10.6 Å². The van der Waals surface area contributed by atoms with Gasteiger partial charge in [0.15, 0.2) is 17.3 Å². The SMILES string of the molecule is NNc1cn2ccnc2c(NCCCCC(N)=O)n1. The van der Waals surface area contributed by atoms with Gasteiger partial charge in [-0.05, 0) is 12.8 Å². The molecule has 0 saturated heterocycles. The zero-order valence-electron chi connectivity index (χ0n) is 10.5. The predicted octanol–water partition coefficient (Wildman–Crippen LogP) is 0.0824. The monoisotopic (exact) mass is 263 g/mol. The Hall–Kier alpha value is -2.35. The maximum absolute atomic E-state index is 10.6. The Morgan fingerprint density at radius 2 is 2.26 bits per heavy atom. The van der Waals surface area contributed by atoms with Crippen molar-refractivity contribution in [3.8, 4) is 0 Å². The summed E-state index contributed by atoms with van der Waals surface area (Å²) in [5.74, 6) is 6.29. The number of imidazole rings is 1. The molecule has 0 radical (unpaired) electrons. The number of rotatable bonds is 7. The standard InChI is InChI=1S/C11H17N7O/c12-8(19)3-1-2-4-14-10-11-15-5-6-18(11)7-9(16-10)17-13/h5-7,17H,1-4,13H2,(H2,12,19)(H,14,16). The molecule has 8 nitrogen and oxygen atoms in total. The highest BCUT2D eigenvalue weighted by molar-refractivity contribution is 5.73. The molecule has 2 rings (SSSR count). The summed E-state index contributed by atoms with van der Waals surface area (Å²) in [6.45, 7) is 0.691. The minimum absolute atomic E-state index is 0.275. The first-order valence-electron chi connectivity index (χ1n) is 6.03. The van der Waals surface area contributed by atoms with Crippen LogP contribution in [0.1, 0.15) is 19.3 Å². The number of aromatic nitrogens is 3. The number of nitrogens with zero attached hydrogens (tertiary/aromatic N) is 3. The van der Waals surface area contributed by atoms with Crippen molar-refractivity contribution in [3.05, 3.63) is 18.6 Å². The Labute approximate surface area is 110 Å². The van der Waals surface area contributed by atoms with Crippen LogP contribution in [0, 0.1) is 0 Å². The van der Waals surface area contributed by atoms with Gasteiger partial charge in [0.1, 0.15) is 0 Å². The van der Waals surface area contributed by atoms with Crippen LogP contribution in [-0.2, 0) is 4.79 Å². The van der Waals surface area contributed by atoms with Crippen LogP contribution in [0.4, 0.5) is 11.6 Å². The summed E-state index contributed by atoms with van der Waals surface area (Å²) in [5.41, 5.74) is 8.31. The number of nitrogens with one attached hydrogen (secondary N) is 2. The third-order valence-electron chi connectivity index (χ3n) is 2.66. The normalized spacial score (nSPS) is 10.6. The number of nitrogen functional groups attached to an aromatic ring is 1. The minimum Gasteiger partial charge on any atom is -0.370 e. The fourth-order valence-corrected chi connectivity index (χ4v) is 1.75. The molecule has 2 heterocycles. The summed E-state index contributed by atoms with van der Waals surface area (Å²) in [6.07, 6.45) is 7.24. The number of hydrogen-bond acceptors (Lipinski definition) is 6. The molecule has 0 aliphatic rings. The Morgan fingerprint density at radius 3 is 3.00 bits per heavy atom. The Morgan fingerprint density at radius 1 is 1.42 bits per heavy atom. The lowest BCUT2D eigenvalue weighted by Gasteiger charge is -2.08. The maximum Gasteiger partial charge on any atom is 0.217 e. The number of anilines is 2. The Kier molecular flexibility index (Phi) is 4.14. The lowest BCUT2D eigenvalue weighted by atomic mass is 10.2. The predicted molar refractivity (Wildman–Crippen MR) is 72.3 cm³/mol. The molecule has 6 N–H and O–H groups in total. The molecule has 0 unspecified atom stereocenters. The number of hydrazine groups is 1. The molecule has 0 aromatic carbocycles. The summed E-state index contributed by atoms with van der Waals surface area (Å²) < 4.78 is 1.83. The molecule has 0 spiro atoms. The van der Waals surface area contributed by atoms with Crippen molar-refractivity contribution in [2.45, 2.75) is 19.3 Å². The van der Waals surface area contributed by atoms with Gasteiger partial charge < -0.3 is 20.9 Å². The number of carbonyl (C=O) groups is 1. The van der Waals surface area contributed by atoms with Gasteiger partial charge in [-0.25, -0.2) is 15.8 Å². The van der Waals surface area contributed by atoms with E-state index < -0.39 is 0 Å². The molecular weight excluding hydrogens is 246 g/mol. The second-order valence-electron chi connectivity index (χ2n) is 4.13. The first-order chi connectivity index (χ1) is 9.20. The van der Waals surface area contributed by atoms with Gasteiger partial charge >= 0.3 is 0 Å². The third kappa shape index (κ3) is 3.32. The van der Waals surface area contributed by atoms with Crippen molar-refractivity contribution in [3.63, 3.8) is 0 Å². The zero-order chi connectivity index (χ0) is 13.7. The van der Waals surface area contributed by atoms with E-state index in [1.54, 1.807) is 12.4 Å². The van der Waals surface area contributed by atoms with Gasteiger partial charge in [-0.3, -0.25) is 4.79 Å². The first kappa shape index (κ1) is 13.1. The molecule has 0 atom stereocenters. The van der Waals surface area contributed by atoms with E-state index in [-0.39, 0.29) is 5.91 Å². The molecule has 0 aliphatic heterocycles. The molecule has 0 saturated carbocycles. The van der Waals surface area contributed by atoms with Crippen LogP contribution in [0.15, 0.2) is 18.6 Å². The molecule has 102 valence electrons. The minimum atomic E-state index is -0.275. The van der Waals surface area contributed by atoms with E-state index in [2.05, 4.69) is 20.7 Å². The molecule has 19 heavy (non-hydrogen) atoms. The number of hydrogen-bond donors (Lipinski definition) is 4. The van der Waals surface area contributed by atoms with E-state index >= 15 is 0 Å². The summed E-state index contributed by atoms with van der Waals surface area (Å²) in [6, 6.07) is 0. The number of unbranched alkanes of at least 4 members (excludes halogenated alkanes) is 1. The second kappa shape index (κ2) is 6.01. The first-order valence-corrected chi connectivity index (χ1v) is 6.03. The fourth-order valence-electron chi connectivity index (χ4n) is 1.75. The van der Waals surface area contributed by atoms with Crippen LogP contribution < -0.4 is 22.3 Å². The highest BCUT2D eigenvalue weighted by Crippen LogP contribution is 2.15. The van der Waals surface area contributed by atoms with Crippen molar-refractivity contribution in [2.24, 2.45) is 11.6 Å². The molecule has 2 aromatic rings. The van der Waals surface area contributed by atoms with Crippen molar-refractivity contribution in [1.82, 2.24) is 14.4 Å². The molecule has 2 aromatic heterocycles. The van der Waals surface area contributed by atoms with Gasteiger partial charge in [0.2, 0.25) is 5.91 Å². The van der Waals surface area contributed by atoms with Crippen molar-refractivity contribution in [1.29, 1.82) is 0 Å². The van der Waals surface area contributed by atoms with Crippen molar-refractivity contribution in [2.75, 3.05) is 17.3 Å². The summed E-state index contributed by atoms with van der Waals surface area (Å²) in [7, 11) is 0. The van der Waals surface area contributed by atoms with Crippen molar-refractivity contribution >= 4 is 23.2 Å². The second-order valence-corrected chi connectivity index (χ2v) is 4.13. The topological polar surface area (TPSA) is 123 Å². The van der Waals surface area contributed by atoms with Gasteiger partial charge in [-0.2, -0.15) is 0 Å². The number of nitrogens with two attached hydrogens (primary N) is 2. The Balaban J connectivity index is 1.99. The average molecular weight is 263 g/mol. The quantitative estimate of drug-likeness (QED) is 0.319. The summed E-state index contributed by atoms with van der Waals surface area (Å²) in [4.78, 5) is 19.1. The molecule has 0 aliphatic carbocycles. The van der Waals surface area contributed by atoms with Gasteiger partial charge in [-0.15, -0.1) is 0 Å². The summed E-state index contributed by atoms with van der Waals surface area (Å²) >= 11 is 0. The van der Waals surface area contributed by atoms with Crippen LogP contribution in [-0.4, -0.2) is 26.8 Å². The van der Waals surface area contributed by atoms with Gasteiger partial charge in [0.25, 0.3) is 0 Å². The van der Waals surface area contributed by atoms with Crippen molar-refractivity contribution < 1.29 is 4.79 Å². The number of carbonyl (C=O) groups excluding carboxylic acids is 1. The van der Waals surface area contributed by atoms with E-state index in [0.717, 1.165) is 18.5 Å². The molecule has 8 heteroatoms. The smallest absolute Gasteiger partial charge is 0.217 e. The van der Waals surface area contributed by atoms with Crippen LogP contribution in [0.2, 0.25) is 0 Å². The highest BCUT2D eigenvalue weighted by Gasteiger charge is 2.06. The highest BCUT2D eigenvalue weighted by atomic mass is 16.1. The van der Waals surface area contributed by atoms with Gasteiger partial charge in [0.05, 0.1) is 6.20 Å². The number of amides is 1. The van der Waals surface area contributed by atoms with E-state index in [0.29, 0.717) is 24.6 Å². The molecule has 0 bridgehead atoms. The molecule has 1 amide bonds. The molecule has 0 fully saturated rings. The number of primary amides is 1. The lowest BCUT2D eigenvalue weighted by Crippen LogP contribution is -2.13. The Bertz CT molecular complexity index is 565. The third-order valence-corrected chi connectivity index (χ3v) is 2.66. The van der Waals surface area contributed by atoms with Gasteiger partial charge in [0, 0.05) is 25.4 Å². The van der Waals surface area contributed by atoms with E-state index in [9.17, 15) is 4.79 Å². The van der Waals surface area contributed by atoms with Crippen LogP contribution in [0.5, 0.6) is 0 Å². The number of fused-ring (bicyclic) bond motifs is 1. The van der Waals surface area contributed by atoms with Crippen LogP contribution in [0.25, 0.3) is 5.65 Å².